The van der Waals surface area contributed by atoms with E-state index in [-0.39, 0.29) is 11.4 Å². The zero-order chi connectivity index (χ0) is 22.5. The van der Waals surface area contributed by atoms with Gasteiger partial charge in [0.15, 0.2) is 5.84 Å². The Morgan fingerprint density at radius 1 is 1.25 bits per heavy atom. The molecule has 0 saturated carbocycles. The van der Waals surface area contributed by atoms with E-state index in [0.717, 1.165) is 5.56 Å². The van der Waals surface area contributed by atoms with Crippen molar-refractivity contribution in [1.29, 1.82) is 0 Å². The molecule has 1 aromatic heterocycles. The van der Waals surface area contributed by atoms with Crippen LogP contribution in [0.3, 0.4) is 0 Å². The summed E-state index contributed by atoms with van der Waals surface area (Å²) >= 11 is 0. The molecule has 2 aromatic rings. The first-order chi connectivity index (χ1) is 15.3. The number of hydrogen-bond acceptors (Lipinski definition) is 6. The molecule has 32 heavy (non-hydrogen) atoms. The van der Waals surface area contributed by atoms with Crippen molar-refractivity contribution in [1.82, 2.24) is 9.88 Å². The lowest BCUT2D eigenvalue weighted by molar-refractivity contribution is -0.0352. The quantitative estimate of drug-likeness (QED) is 0.728. The van der Waals surface area contributed by atoms with Gasteiger partial charge in [0.25, 0.3) is 0 Å². The minimum absolute atomic E-state index is 0.0983. The molecular weight excluding hydrogens is 406 g/mol. The number of aryl methyl sites for hydroxylation is 1. The second-order valence-electron chi connectivity index (χ2n) is 9.79. The molecule has 3 aliphatic rings. The summed E-state index contributed by atoms with van der Waals surface area (Å²) in [6, 6.07) is 9.91. The molecule has 1 aromatic carbocycles. The molecule has 2 amide bonds. The van der Waals surface area contributed by atoms with Gasteiger partial charge in [-0.25, -0.2) is 9.78 Å². The molecule has 4 heterocycles. The summed E-state index contributed by atoms with van der Waals surface area (Å²) in [5, 5.41) is 11.8. The topological polar surface area (TPSA) is 81.5 Å². The second-order valence-corrected chi connectivity index (χ2v) is 9.79. The Morgan fingerprint density at radius 3 is 2.69 bits per heavy atom. The number of rotatable bonds is 5. The maximum atomic E-state index is 13.6. The lowest BCUT2D eigenvalue weighted by Gasteiger charge is -2.43. The van der Waals surface area contributed by atoms with Crippen LogP contribution in [0.5, 0.6) is 0 Å². The van der Waals surface area contributed by atoms with Gasteiger partial charge in [-0.2, -0.15) is 0 Å². The van der Waals surface area contributed by atoms with Crippen molar-refractivity contribution in [2.75, 3.05) is 42.8 Å². The molecule has 0 aliphatic carbocycles. The third-order valence-electron chi connectivity index (χ3n) is 6.21. The normalized spacial score (nSPS) is 19.8. The number of benzene rings is 1. The van der Waals surface area contributed by atoms with Crippen molar-refractivity contribution < 1.29 is 14.7 Å². The number of aliphatic imine (C=N–C) groups is 1. The Hall–Kier alpha value is -2.97. The van der Waals surface area contributed by atoms with Gasteiger partial charge in [0.1, 0.15) is 5.69 Å². The van der Waals surface area contributed by atoms with Gasteiger partial charge in [0.2, 0.25) is 0 Å². The maximum absolute atomic E-state index is 13.6. The Bertz CT molecular complexity index is 1060. The number of aromatic nitrogens is 1. The van der Waals surface area contributed by atoms with Crippen LogP contribution in [0.15, 0.2) is 41.5 Å². The van der Waals surface area contributed by atoms with E-state index in [2.05, 4.69) is 18.8 Å². The Morgan fingerprint density at radius 2 is 2.00 bits per heavy atom. The second kappa shape index (κ2) is 7.86. The number of carbonyl (C=O) groups is 1. The van der Waals surface area contributed by atoms with E-state index in [1.165, 1.54) is 10.6 Å². The molecule has 8 nitrogen and oxygen atoms in total. The third-order valence-corrected chi connectivity index (χ3v) is 6.21. The number of urea groups is 1. The van der Waals surface area contributed by atoms with Crippen LogP contribution in [-0.4, -0.2) is 59.8 Å². The average Bonchev–Trinajstić information content (AvgIpc) is 2.74. The van der Waals surface area contributed by atoms with Crippen molar-refractivity contribution in [3.05, 3.63) is 53.3 Å². The summed E-state index contributed by atoms with van der Waals surface area (Å²) in [4.78, 5) is 26.5. The summed E-state index contributed by atoms with van der Waals surface area (Å²) in [5.74, 6) is 0.912. The average molecular weight is 436 g/mol. The molecule has 5 rings (SSSR count). The van der Waals surface area contributed by atoms with Gasteiger partial charge >= 0.3 is 6.03 Å². The number of anilines is 2. The number of ether oxygens (including phenoxy) is 1. The highest BCUT2D eigenvalue weighted by atomic mass is 16.5. The van der Waals surface area contributed by atoms with Gasteiger partial charge in [-0.3, -0.25) is 25.1 Å². The van der Waals surface area contributed by atoms with Crippen molar-refractivity contribution in [3.63, 3.8) is 0 Å². The van der Waals surface area contributed by atoms with E-state index >= 15 is 0 Å². The van der Waals surface area contributed by atoms with Crippen molar-refractivity contribution in [2.24, 2.45) is 16.3 Å². The Balaban J connectivity index is 1.54. The van der Waals surface area contributed by atoms with Crippen LogP contribution in [0, 0.1) is 18.3 Å². The first kappa shape index (κ1) is 20.9. The van der Waals surface area contributed by atoms with Crippen LogP contribution in [0.2, 0.25) is 0 Å². The molecule has 1 N–H and O–H groups in total. The standard InChI is InChI=1S/C24H29N5O3/c1-16-4-6-17(7-5-16)10-27-20-8-19(29(31)11-18-12-32-13-18)9-25-21(20)22-26-14-24(2,3)15-28(22)23(27)30/h4-9,18,31H,10-15H2,1-3H3. The van der Waals surface area contributed by atoms with E-state index in [4.69, 9.17) is 9.73 Å². The zero-order valence-corrected chi connectivity index (χ0v) is 18.8. The molecular formula is C24H29N5O3. The van der Waals surface area contributed by atoms with E-state index < -0.39 is 0 Å². The summed E-state index contributed by atoms with van der Waals surface area (Å²) in [5.41, 5.74) is 4.01. The lowest BCUT2D eigenvalue weighted by atomic mass is 9.90. The molecule has 0 radical (unpaired) electrons. The number of pyridine rings is 1. The molecule has 0 bridgehead atoms. The van der Waals surface area contributed by atoms with E-state index in [1.807, 2.05) is 37.3 Å². The van der Waals surface area contributed by atoms with Crippen molar-refractivity contribution in [3.8, 4) is 0 Å². The zero-order valence-electron chi connectivity index (χ0n) is 18.8. The largest absolute Gasteiger partial charge is 0.381 e. The van der Waals surface area contributed by atoms with Crippen LogP contribution in [0.4, 0.5) is 16.2 Å². The fourth-order valence-electron chi connectivity index (χ4n) is 4.27. The summed E-state index contributed by atoms with van der Waals surface area (Å²) in [6.07, 6.45) is 1.65. The Labute approximate surface area is 188 Å². The molecule has 0 unspecified atom stereocenters. The van der Waals surface area contributed by atoms with Crippen molar-refractivity contribution in [2.45, 2.75) is 27.3 Å². The maximum Gasteiger partial charge on any atom is 0.330 e. The van der Waals surface area contributed by atoms with Gasteiger partial charge in [0, 0.05) is 24.4 Å². The van der Waals surface area contributed by atoms with E-state index in [0.29, 0.717) is 68.2 Å². The molecule has 0 atom stereocenters. The monoisotopic (exact) mass is 435 g/mol. The van der Waals surface area contributed by atoms with Crippen LogP contribution in [0.25, 0.3) is 0 Å². The van der Waals surface area contributed by atoms with E-state index in [1.54, 1.807) is 16.0 Å². The molecule has 168 valence electrons. The summed E-state index contributed by atoms with van der Waals surface area (Å²) in [7, 11) is 0. The number of hydroxylamine groups is 1. The number of amidine groups is 1. The minimum atomic E-state index is -0.111. The molecule has 0 spiro atoms. The molecule has 1 saturated heterocycles. The highest BCUT2D eigenvalue weighted by Crippen LogP contribution is 2.36. The molecule has 8 heteroatoms. The predicted molar refractivity (Wildman–Crippen MR) is 122 cm³/mol. The SMILES string of the molecule is Cc1ccc(CN2C(=O)N3CC(C)(C)CN=C3c3ncc(N(O)CC4COC4)cc32)cc1. The van der Waals surface area contributed by atoms with Crippen LogP contribution in [0.1, 0.15) is 30.7 Å². The fourth-order valence-corrected chi connectivity index (χ4v) is 4.27. The highest BCUT2D eigenvalue weighted by Gasteiger charge is 2.42. The van der Waals surface area contributed by atoms with Crippen LogP contribution in [-0.2, 0) is 11.3 Å². The first-order valence-electron chi connectivity index (χ1n) is 11.0. The van der Waals surface area contributed by atoms with Gasteiger partial charge in [0.05, 0.1) is 43.9 Å². The van der Waals surface area contributed by atoms with Gasteiger partial charge in [-0.15, -0.1) is 0 Å². The molecule has 1 fully saturated rings. The van der Waals surface area contributed by atoms with Crippen LogP contribution >= 0.6 is 0 Å². The van der Waals surface area contributed by atoms with Gasteiger partial charge in [-0.05, 0) is 18.6 Å². The number of amides is 2. The highest BCUT2D eigenvalue weighted by molar-refractivity contribution is 6.18. The summed E-state index contributed by atoms with van der Waals surface area (Å²) in [6.45, 7) is 9.69. The van der Waals surface area contributed by atoms with Gasteiger partial charge in [-0.1, -0.05) is 43.7 Å². The number of hydrogen-bond donors (Lipinski definition) is 1. The van der Waals surface area contributed by atoms with Crippen LogP contribution < -0.4 is 9.96 Å². The predicted octanol–water partition coefficient (Wildman–Crippen LogP) is 3.46. The molecule has 3 aliphatic heterocycles. The third kappa shape index (κ3) is 3.84. The number of carbonyl (C=O) groups excluding carboxylic acids is 1. The van der Waals surface area contributed by atoms with Gasteiger partial charge < -0.3 is 4.74 Å². The fraction of sp³-hybridized carbons (Fsp3) is 0.458. The minimum Gasteiger partial charge on any atom is -0.381 e. The smallest absolute Gasteiger partial charge is 0.330 e. The summed E-state index contributed by atoms with van der Waals surface area (Å²) < 4.78 is 5.22. The number of fused-ring (bicyclic) bond motifs is 3. The first-order valence-corrected chi connectivity index (χ1v) is 11.0. The van der Waals surface area contributed by atoms with E-state index in [9.17, 15) is 10.0 Å². The lowest BCUT2D eigenvalue weighted by Crippen LogP contribution is -2.56. The number of nitrogens with zero attached hydrogens (tertiary/aromatic N) is 5. The Kier molecular flexibility index (Phi) is 5.14. The van der Waals surface area contributed by atoms with Crippen molar-refractivity contribution >= 4 is 23.2 Å².